The van der Waals surface area contributed by atoms with Gasteiger partial charge in [-0.3, -0.25) is 9.59 Å². The Labute approximate surface area is 194 Å². The maximum absolute atomic E-state index is 13.7. The third-order valence-electron chi connectivity index (χ3n) is 5.25. The summed E-state index contributed by atoms with van der Waals surface area (Å²) in [6.45, 7) is 5.34. The number of hydrogen-bond donors (Lipinski definition) is 2. The lowest BCUT2D eigenvalue weighted by atomic mass is 10.1. The van der Waals surface area contributed by atoms with Crippen molar-refractivity contribution in [2.24, 2.45) is 0 Å². The highest BCUT2D eigenvalue weighted by molar-refractivity contribution is 5.95. The van der Waals surface area contributed by atoms with Crippen LogP contribution in [0.1, 0.15) is 48.4 Å². The zero-order valence-electron chi connectivity index (χ0n) is 18.4. The summed E-state index contributed by atoms with van der Waals surface area (Å²) in [6, 6.07) is 3.04. The molecule has 2 N–H and O–H groups in total. The number of amides is 2. The number of fused-ring (bicyclic) bond motifs is 1. The van der Waals surface area contributed by atoms with Crippen LogP contribution in [0.5, 0.6) is 0 Å². The Hall–Kier alpha value is -2.91. The molecule has 1 fully saturated rings. The summed E-state index contributed by atoms with van der Waals surface area (Å²) in [5, 5.41) is 18.4. The van der Waals surface area contributed by atoms with Gasteiger partial charge in [0.05, 0.1) is 23.9 Å². The van der Waals surface area contributed by atoms with Crippen molar-refractivity contribution in [2.45, 2.75) is 51.4 Å². The Kier molecular flexibility index (Phi) is 7.92. The quantitative estimate of drug-likeness (QED) is 0.644. The summed E-state index contributed by atoms with van der Waals surface area (Å²) in [6.07, 6.45) is -2.54. The van der Waals surface area contributed by atoms with Gasteiger partial charge in [0.2, 0.25) is 5.91 Å². The lowest BCUT2D eigenvalue weighted by Gasteiger charge is -2.28. The average molecular weight is 488 g/mol. The fraction of sp³-hybridized carbons (Fsp3) is 0.550. The smallest absolute Gasteiger partial charge is 0.350 e. The molecule has 1 aliphatic heterocycles. The summed E-state index contributed by atoms with van der Waals surface area (Å²) in [5.41, 5.74) is -2.32. The monoisotopic (exact) mass is 487 g/mol. The minimum atomic E-state index is -4.82. The summed E-state index contributed by atoms with van der Waals surface area (Å²) in [7, 11) is 0. The van der Waals surface area contributed by atoms with Gasteiger partial charge >= 0.3 is 6.18 Å². The third-order valence-corrected chi connectivity index (χ3v) is 5.25. The van der Waals surface area contributed by atoms with E-state index < -0.39 is 34.9 Å². The van der Waals surface area contributed by atoms with E-state index in [9.17, 15) is 22.8 Å². The highest BCUT2D eigenvalue weighted by atomic mass is 35.5. The fourth-order valence-corrected chi connectivity index (χ4v) is 3.56. The highest BCUT2D eigenvalue weighted by Crippen LogP contribution is 2.32. The molecule has 0 aliphatic carbocycles. The second kappa shape index (κ2) is 9.93. The zero-order chi connectivity index (χ0) is 23.7. The maximum Gasteiger partial charge on any atom is 0.434 e. The fourth-order valence-electron chi connectivity index (χ4n) is 3.56. The Morgan fingerprint density at radius 3 is 2.67 bits per heavy atom. The van der Waals surface area contributed by atoms with Gasteiger partial charge in [0.15, 0.2) is 11.3 Å². The molecule has 3 rings (SSSR count). The molecule has 0 saturated carbocycles. The van der Waals surface area contributed by atoms with Crippen LogP contribution in [-0.4, -0.2) is 62.5 Å². The predicted octanol–water partition coefficient (Wildman–Crippen LogP) is 2.09. The standard InChI is InChI=1S/C20H24F3N7O2.ClH/c1-12-7-15-25-9-14(17(20(21,22)23)30(15)28-12)18(32)26-11-19(2,3)27-10-16(31)29-6-4-5-13(29)8-24;/h7,9,13,27H,4-6,10-11H2,1-3H3,(H,26,32);1H/t13-;/m0./s1. The predicted molar refractivity (Wildman–Crippen MR) is 115 cm³/mol. The molecule has 2 aromatic heterocycles. The summed E-state index contributed by atoms with van der Waals surface area (Å²) >= 11 is 0. The van der Waals surface area contributed by atoms with Crippen molar-refractivity contribution in [3.63, 3.8) is 0 Å². The second-order valence-corrected chi connectivity index (χ2v) is 8.37. The van der Waals surface area contributed by atoms with Gasteiger partial charge in [-0.15, -0.1) is 12.4 Å². The van der Waals surface area contributed by atoms with Crippen molar-refractivity contribution in [3.8, 4) is 6.07 Å². The van der Waals surface area contributed by atoms with E-state index in [4.69, 9.17) is 5.26 Å². The molecular weight excluding hydrogens is 463 g/mol. The Morgan fingerprint density at radius 1 is 1.33 bits per heavy atom. The number of carbonyl (C=O) groups excluding carboxylic acids is 2. The number of alkyl halides is 3. The normalized spacial score (nSPS) is 16.4. The zero-order valence-corrected chi connectivity index (χ0v) is 19.2. The molecule has 1 saturated heterocycles. The van der Waals surface area contributed by atoms with Crippen LogP contribution in [0.2, 0.25) is 0 Å². The molecule has 9 nitrogen and oxygen atoms in total. The molecule has 2 amide bonds. The summed E-state index contributed by atoms with van der Waals surface area (Å²) < 4.78 is 41.7. The summed E-state index contributed by atoms with van der Waals surface area (Å²) in [5.74, 6) is -1.19. The Morgan fingerprint density at radius 2 is 2.03 bits per heavy atom. The van der Waals surface area contributed by atoms with E-state index in [1.165, 1.54) is 17.9 Å². The number of halogens is 4. The van der Waals surface area contributed by atoms with Crippen LogP contribution in [0.4, 0.5) is 13.2 Å². The molecule has 0 spiro atoms. The SMILES string of the molecule is Cc1cc2ncc(C(=O)NCC(C)(C)NCC(=O)N3CCC[C@H]3C#N)c(C(F)(F)F)n2n1.Cl. The average Bonchev–Trinajstić information content (AvgIpc) is 3.34. The van der Waals surface area contributed by atoms with Gasteiger partial charge in [0.25, 0.3) is 5.91 Å². The van der Waals surface area contributed by atoms with Crippen molar-refractivity contribution < 1.29 is 22.8 Å². The molecule has 0 aromatic carbocycles. The van der Waals surface area contributed by atoms with Crippen LogP contribution < -0.4 is 10.6 Å². The van der Waals surface area contributed by atoms with E-state index in [2.05, 4.69) is 26.8 Å². The van der Waals surface area contributed by atoms with E-state index in [0.29, 0.717) is 23.2 Å². The van der Waals surface area contributed by atoms with E-state index in [1.807, 2.05) is 0 Å². The molecule has 2 aromatic rings. The molecule has 0 radical (unpaired) electrons. The van der Waals surface area contributed by atoms with Crippen LogP contribution in [0.3, 0.4) is 0 Å². The number of likely N-dealkylation sites (tertiary alicyclic amines) is 1. The first kappa shape index (κ1) is 26.3. The van der Waals surface area contributed by atoms with Crippen molar-refractivity contribution in [1.82, 2.24) is 30.1 Å². The lowest BCUT2D eigenvalue weighted by molar-refractivity contribution is -0.143. The molecule has 0 unspecified atom stereocenters. The number of nitrogens with zero attached hydrogens (tertiary/aromatic N) is 5. The van der Waals surface area contributed by atoms with Crippen LogP contribution in [-0.2, 0) is 11.0 Å². The van der Waals surface area contributed by atoms with Crippen LogP contribution in [0.25, 0.3) is 5.65 Å². The van der Waals surface area contributed by atoms with Crippen molar-refractivity contribution in [3.05, 3.63) is 29.2 Å². The summed E-state index contributed by atoms with van der Waals surface area (Å²) in [4.78, 5) is 30.4. The van der Waals surface area contributed by atoms with Gasteiger partial charge in [0.1, 0.15) is 6.04 Å². The first-order valence-electron chi connectivity index (χ1n) is 10.1. The molecule has 180 valence electrons. The first-order chi connectivity index (χ1) is 14.9. The van der Waals surface area contributed by atoms with Gasteiger partial charge in [-0.2, -0.15) is 23.5 Å². The number of nitrogens with one attached hydrogen (secondary N) is 2. The van der Waals surface area contributed by atoms with Crippen LogP contribution in [0, 0.1) is 18.3 Å². The lowest BCUT2D eigenvalue weighted by Crippen LogP contribution is -2.53. The van der Waals surface area contributed by atoms with Gasteiger partial charge < -0.3 is 15.5 Å². The number of nitriles is 1. The first-order valence-corrected chi connectivity index (χ1v) is 10.1. The van der Waals surface area contributed by atoms with Gasteiger partial charge in [-0.25, -0.2) is 9.50 Å². The number of carbonyl (C=O) groups is 2. The minimum absolute atomic E-state index is 0. The van der Waals surface area contributed by atoms with Gasteiger partial charge in [0, 0.05) is 30.9 Å². The number of aromatic nitrogens is 3. The second-order valence-electron chi connectivity index (χ2n) is 8.37. The van der Waals surface area contributed by atoms with Gasteiger partial charge in [-0.05, 0) is 33.6 Å². The largest absolute Gasteiger partial charge is 0.434 e. The molecule has 3 heterocycles. The van der Waals surface area contributed by atoms with Crippen LogP contribution in [0.15, 0.2) is 12.3 Å². The topological polar surface area (TPSA) is 115 Å². The van der Waals surface area contributed by atoms with E-state index >= 15 is 0 Å². The third kappa shape index (κ3) is 5.91. The molecular formula is C20H25ClF3N7O2. The van der Waals surface area contributed by atoms with Crippen molar-refractivity contribution in [1.29, 1.82) is 5.26 Å². The Bertz CT molecular complexity index is 1080. The molecule has 1 aliphatic rings. The Balaban J connectivity index is 0.00000385. The van der Waals surface area contributed by atoms with Crippen molar-refractivity contribution >= 4 is 29.9 Å². The highest BCUT2D eigenvalue weighted by Gasteiger charge is 2.39. The van der Waals surface area contributed by atoms with E-state index in [0.717, 1.165) is 12.6 Å². The molecule has 13 heteroatoms. The molecule has 0 bridgehead atoms. The molecule has 1 atom stereocenters. The van der Waals surface area contributed by atoms with Gasteiger partial charge in [-0.1, -0.05) is 0 Å². The van der Waals surface area contributed by atoms with Crippen molar-refractivity contribution in [2.75, 3.05) is 19.6 Å². The molecule has 33 heavy (non-hydrogen) atoms. The number of rotatable bonds is 6. The maximum atomic E-state index is 13.7. The number of hydrogen-bond acceptors (Lipinski definition) is 6. The van der Waals surface area contributed by atoms with Crippen LogP contribution >= 0.6 is 12.4 Å². The minimum Gasteiger partial charge on any atom is -0.350 e. The van der Waals surface area contributed by atoms with E-state index in [-0.39, 0.29) is 37.1 Å². The number of aryl methyl sites for hydroxylation is 1. The van der Waals surface area contributed by atoms with E-state index in [1.54, 1.807) is 13.8 Å².